The van der Waals surface area contributed by atoms with Gasteiger partial charge in [0, 0.05) is 0 Å². The molecule has 0 aliphatic carbocycles. The van der Waals surface area contributed by atoms with E-state index in [0.29, 0.717) is 21.9 Å². The second kappa shape index (κ2) is 3.99. The molecule has 0 amide bonds. The first kappa shape index (κ1) is 10.5. The Morgan fingerprint density at radius 3 is 2.72 bits per heavy atom. The van der Waals surface area contributed by atoms with Gasteiger partial charge in [0.05, 0.1) is 5.16 Å². The van der Waals surface area contributed by atoms with Gasteiger partial charge in [0.15, 0.2) is 5.75 Å². The first-order valence-corrected chi connectivity index (χ1v) is 5.16. The molecule has 0 fully saturated rings. The second-order valence-corrected chi connectivity index (χ2v) is 3.61. The fourth-order valence-electron chi connectivity index (χ4n) is 1.58. The third-order valence-electron chi connectivity index (χ3n) is 2.42. The van der Waals surface area contributed by atoms with Crippen molar-refractivity contribution in [1.29, 1.82) is 0 Å². The van der Waals surface area contributed by atoms with Crippen molar-refractivity contribution in [2.75, 3.05) is 0 Å². The fraction of sp³-hybridized carbons (Fsp3) is 0. The first-order chi connectivity index (χ1) is 8.74. The van der Waals surface area contributed by atoms with E-state index in [-0.39, 0.29) is 11.3 Å². The number of ether oxygens (including phenoxy) is 1. The zero-order valence-corrected chi connectivity index (χ0v) is 9.04. The van der Waals surface area contributed by atoms with Crippen molar-refractivity contribution in [2.45, 2.75) is 0 Å². The largest absolute Gasteiger partial charge is 0.452 e. The molecule has 5 nitrogen and oxygen atoms in total. The molecule has 0 unspecified atom stereocenters. The van der Waals surface area contributed by atoms with Gasteiger partial charge < -0.3 is 9.94 Å². The summed E-state index contributed by atoms with van der Waals surface area (Å²) in [5.41, 5.74) is 0.589. The molecule has 90 valence electrons. The lowest BCUT2D eigenvalue weighted by atomic mass is 10.3. The van der Waals surface area contributed by atoms with Gasteiger partial charge in [0.2, 0.25) is 5.52 Å². The third kappa shape index (κ3) is 1.73. The number of fused-ring (bicyclic) bond motifs is 1. The fourth-order valence-corrected chi connectivity index (χ4v) is 1.58. The Morgan fingerprint density at radius 1 is 1.17 bits per heavy atom. The molecule has 0 N–H and O–H groups in total. The highest BCUT2D eigenvalue weighted by Crippen LogP contribution is 2.27. The average molecular weight is 246 g/mol. The van der Waals surface area contributed by atoms with E-state index in [4.69, 9.17) is 4.74 Å². The maximum absolute atomic E-state index is 12.8. The van der Waals surface area contributed by atoms with Gasteiger partial charge in [-0.25, -0.2) is 4.39 Å². The smallest absolute Gasteiger partial charge is 0.290 e. The maximum Gasteiger partial charge on any atom is 0.290 e. The van der Waals surface area contributed by atoms with Crippen LogP contribution in [0.4, 0.5) is 4.39 Å². The number of halogens is 1. The minimum atomic E-state index is -0.348. The third-order valence-corrected chi connectivity index (χ3v) is 2.42. The molecule has 3 aromatic rings. The Balaban J connectivity index is 2.02. The molecular weight excluding hydrogens is 239 g/mol. The van der Waals surface area contributed by atoms with E-state index in [1.165, 1.54) is 24.3 Å². The quantitative estimate of drug-likeness (QED) is 0.651. The molecule has 1 heterocycles. The molecule has 0 saturated heterocycles. The summed E-state index contributed by atoms with van der Waals surface area (Å²) in [5, 5.41) is 14.8. The summed E-state index contributed by atoms with van der Waals surface area (Å²) in [6.45, 7) is 0. The zero-order valence-electron chi connectivity index (χ0n) is 9.04. The molecule has 6 heteroatoms. The van der Waals surface area contributed by atoms with Crippen LogP contribution in [0.25, 0.3) is 11.0 Å². The van der Waals surface area contributed by atoms with Gasteiger partial charge in [0.25, 0.3) is 5.52 Å². The average Bonchev–Trinajstić information content (AvgIpc) is 2.76. The molecule has 0 aliphatic heterocycles. The van der Waals surface area contributed by atoms with Crippen LogP contribution in [0.2, 0.25) is 0 Å². The lowest BCUT2D eigenvalue weighted by Gasteiger charge is -2.03. The first-order valence-electron chi connectivity index (χ1n) is 5.16. The Labute approximate surface area is 101 Å². The van der Waals surface area contributed by atoms with Gasteiger partial charge in [-0.1, -0.05) is 6.07 Å². The molecule has 1 aromatic heterocycles. The van der Waals surface area contributed by atoms with Crippen molar-refractivity contribution in [3.63, 3.8) is 0 Å². The Hall–Kier alpha value is -2.63. The van der Waals surface area contributed by atoms with E-state index in [0.717, 1.165) is 0 Å². The molecule has 3 rings (SSSR count). The Kier molecular flexibility index (Phi) is 2.33. The minimum absolute atomic E-state index is 0.273. The predicted octanol–water partition coefficient (Wildman–Crippen LogP) is 2.39. The van der Waals surface area contributed by atoms with Crippen LogP contribution < -0.4 is 9.64 Å². The van der Waals surface area contributed by atoms with Crippen molar-refractivity contribution in [1.82, 2.24) is 5.16 Å². The van der Waals surface area contributed by atoms with E-state index in [1.807, 2.05) is 0 Å². The number of hydrogen-bond donors (Lipinski definition) is 0. The number of nitrogens with zero attached hydrogens (tertiary/aromatic N) is 2. The minimum Gasteiger partial charge on any atom is -0.452 e. The summed E-state index contributed by atoms with van der Waals surface area (Å²) < 4.78 is 22.8. The van der Waals surface area contributed by atoms with Crippen molar-refractivity contribution in [2.24, 2.45) is 0 Å². The van der Waals surface area contributed by atoms with Crippen molar-refractivity contribution in [3.05, 3.63) is 53.5 Å². The SMILES string of the molecule is [O-][n+]1onc2c(Oc3ccc(F)cc3)cccc21. The standard InChI is InChI=1S/C12H7FN2O3/c13-8-4-6-9(7-5-8)17-11-3-1-2-10-12(11)14-18-15(10)16/h1-7H. The molecular formula is C12H7FN2O3. The highest BCUT2D eigenvalue weighted by Gasteiger charge is 2.15. The summed E-state index contributed by atoms with van der Waals surface area (Å²) in [6, 6.07) is 10.4. The van der Waals surface area contributed by atoms with Gasteiger partial charge in [-0.15, -0.1) is 0 Å². The molecule has 0 aliphatic rings. The molecule has 0 bridgehead atoms. The van der Waals surface area contributed by atoms with E-state index in [2.05, 4.69) is 9.79 Å². The van der Waals surface area contributed by atoms with Gasteiger partial charge in [-0.3, -0.25) is 4.63 Å². The van der Waals surface area contributed by atoms with Gasteiger partial charge in [-0.05, 0) is 41.3 Å². The van der Waals surface area contributed by atoms with Crippen molar-refractivity contribution >= 4 is 11.0 Å². The summed E-state index contributed by atoms with van der Waals surface area (Å²) >= 11 is 0. The second-order valence-electron chi connectivity index (χ2n) is 3.61. The monoisotopic (exact) mass is 246 g/mol. The normalized spacial score (nSPS) is 10.7. The van der Waals surface area contributed by atoms with Crippen molar-refractivity contribution < 1.29 is 18.7 Å². The highest BCUT2D eigenvalue weighted by molar-refractivity contribution is 5.78. The van der Waals surface area contributed by atoms with Crippen LogP contribution in [0.5, 0.6) is 11.5 Å². The molecule has 0 atom stereocenters. The van der Waals surface area contributed by atoms with Crippen LogP contribution in [0.3, 0.4) is 0 Å². The number of aromatic nitrogens is 2. The molecule has 0 radical (unpaired) electrons. The van der Waals surface area contributed by atoms with E-state index in [9.17, 15) is 9.60 Å². The Morgan fingerprint density at radius 2 is 1.94 bits per heavy atom. The summed E-state index contributed by atoms with van der Waals surface area (Å²) in [7, 11) is 0. The molecule has 2 aromatic carbocycles. The van der Waals surface area contributed by atoms with Crippen LogP contribution >= 0.6 is 0 Å². The summed E-state index contributed by atoms with van der Waals surface area (Å²) in [5.74, 6) is 0.473. The van der Waals surface area contributed by atoms with E-state index in [1.54, 1.807) is 18.2 Å². The van der Waals surface area contributed by atoms with E-state index >= 15 is 0 Å². The van der Waals surface area contributed by atoms with Gasteiger partial charge >= 0.3 is 0 Å². The molecule has 0 spiro atoms. The topological polar surface area (TPSA) is 62.2 Å². The summed E-state index contributed by atoms with van der Waals surface area (Å²) in [6.07, 6.45) is 0. The summed E-state index contributed by atoms with van der Waals surface area (Å²) in [4.78, 5) is 0.298. The van der Waals surface area contributed by atoms with Crippen molar-refractivity contribution in [3.8, 4) is 11.5 Å². The van der Waals surface area contributed by atoms with Gasteiger partial charge in [-0.2, -0.15) is 0 Å². The number of hydrogen-bond acceptors (Lipinski definition) is 4. The highest BCUT2D eigenvalue weighted by atomic mass is 19.1. The molecule has 18 heavy (non-hydrogen) atoms. The van der Waals surface area contributed by atoms with Crippen LogP contribution in [0.1, 0.15) is 0 Å². The predicted molar refractivity (Wildman–Crippen MR) is 59.4 cm³/mol. The van der Waals surface area contributed by atoms with E-state index < -0.39 is 0 Å². The lowest BCUT2D eigenvalue weighted by Crippen LogP contribution is -2.22. The zero-order chi connectivity index (χ0) is 12.5. The van der Waals surface area contributed by atoms with Crippen LogP contribution in [-0.4, -0.2) is 5.16 Å². The Bertz CT molecular complexity index is 694. The van der Waals surface area contributed by atoms with Crippen LogP contribution in [0.15, 0.2) is 47.1 Å². The van der Waals surface area contributed by atoms with Crippen LogP contribution in [-0.2, 0) is 0 Å². The van der Waals surface area contributed by atoms with Crippen LogP contribution in [0, 0.1) is 11.0 Å². The number of benzene rings is 2. The maximum atomic E-state index is 12.8. The van der Waals surface area contributed by atoms with Gasteiger partial charge in [0.1, 0.15) is 11.6 Å². The lowest BCUT2D eigenvalue weighted by molar-refractivity contribution is -0.782. The number of rotatable bonds is 2. The molecule has 0 saturated carbocycles.